The highest BCUT2D eigenvalue weighted by Gasteiger charge is 2.09. The van der Waals surface area contributed by atoms with E-state index in [-0.39, 0.29) is 5.78 Å². The Labute approximate surface area is 209 Å². The van der Waals surface area contributed by atoms with Gasteiger partial charge in [0, 0.05) is 16.1 Å². The predicted octanol–water partition coefficient (Wildman–Crippen LogP) is 8.14. The minimum atomic E-state index is -0.200. The normalized spacial score (nSPS) is 10.9. The van der Waals surface area contributed by atoms with E-state index in [0.29, 0.717) is 28.0 Å². The summed E-state index contributed by atoms with van der Waals surface area (Å²) in [6, 6.07) is 28.7. The number of benzene rings is 4. The molecule has 0 N–H and O–H groups in total. The summed E-state index contributed by atoms with van der Waals surface area (Å²) in [5, 5.41) is 0.810. The molecular weight excluding hydrogens is 467 g/mol. The number of allylic oxidation sites excluding steroid dienone is 1. The van der Waals surface area contributed by atoms with Crippen LogP contribution in [0.1, 0.15) is 21.5 Å². The van der Waals surface area contributed by atoms with E-state index in [2.05, 4.69) is 12.1 Å². The van der Waals surface area contributed by atoms with Crippen molar-refractivity contribution >= 4 is 35.1 Å². The molecule has 4 aromatic carbocycles. The number of hydrogen-bond donors (Lipinski definition) is 0. The lowest BCUT2D eigenvalue weighted by molar-refractivity contribution is 0.104. The third kappa shape index (κ3) is 5.88. The van der Waals surface area contributed by atoms with Crippen LogP contribution in [0.15, 0.2) is 97.1 Å². The van der Waals surface area contributed by atoms with Gasteiger partial charge in [-0.2, -0.15) is 0 Å². The van der Waals surface area contributed by atoms with Gasteiger partial charge < -0.3 is 9.47 Å². The third-order valence-electron chi connectivity index (χ3n) is 5.28. The van der Waals surface area contributed by atoms with Gasteiger partial charge in [-0.05, 0) is 65.2 Å². The monoisotopic (exact) mass is 488 g/mol. The van der Waals surface area contributed by atoms with Gasteiger partial charge >= 0.3 is 0 Å². The molecule has 0 atom stereocenters. The third-order valence-corrected chi connectivity index (χ3v) is 5.83. The Morgan fingerprint density at radius 3 is 2.29 bits per heavy atom. The topological polar surface area (TPSA) is 35.5 Å². The van der Waals surface area contributed by atoms with Crippen LogP contribution in [0.4, 0.5) is 0 Å². The van der Waals surface area contributed by atoms with Crippen LogP contribution in [0, 0.1) is 0 Å². The molecule has 0 saturated heterocycles. The summed E-state index contributed by atoms with van der Waals surface area (Å²) < 4.78 is 11.5. The molecule has 0 unspecified atom stereocenters. The second kappa shape index (κ2) is 11.1. The molecule has 4 aromatic rings. The summed E-state index contributed by atoms with van der Waals surface area (Å²) >= 11 is 12.1. The Bertz CT molecular complexity index is 1310. The van der Waals surface area contributed by atoms with Crippen LogP contribution in [0.2, 0.25) is 10.0 Å². The molecule has 0 radical (unpaired) electrons. The van der Waals surface area contributed by atoms with Crippen molar-refractivity contribution in [1.29, 1.82) is 0 Å². The predicted molar refractivity (Wildman–Crippen MR) is 139 cm³/mol. The summed E-state index contributed by atoms with van der Waals surface area (Å²) in [7, 11) is 1.62. The Balaban J connectivity index is 1.46. The average Bonchev–Trinajstić information content (AvgIpc) is 2.87. The number of halogens is 2. The summed E-state index contributed by atoms with van der Waals surface area (Å²) in [5.74, 6) is 1.27. The van der Waals surface area contributed by atoms with Crippen LogP contribution in [0.3, 0.4) is 0 Å². The highest BCUT2D eigenvalue weighted by atomic mass is 35.5. The van der Waals surface area contributed by atoms with E-state index in [9.17, 15) is 4.79 Å². The average molecular weight is 489 g/mol. The standard InChI is InChI=1S/C29H22Cl2O3/c1-33-29-16-8-20(7-15-28(32)26-14-11-24(30)18-27(26)31)17-23(29)19-34-25-12-9-22(10-13-25)21-5-3-2-4-6-21/h2-18H,19H2,1H3/b15-7+. The maximum Gasteiger partial charge on any atom is 0.187 e. The van der Waals surface area contributed by atoms with E-state index in [4.69, 9.17) is 32.7 Å². The van der Waals surface area contributed by atoms with Gasteiger partial charge in [-0.15, -0.1) is 0 Å². The molecule has 0 amide bonds. The molecule has 0 aliphatic heterocycles. The number of ketones is 1. The van der Waals surface area contributed by atoms with E-state index in [0.717, 1.165) is 28.0 Å². The molecular formula is C29H22Cl2O3. The van der Waals surface area contributed by atoms with E-state index >= 15 is 0 Å². The van der Waals surface area contributed by atoms with E-state index in [1.54, 1.807) is 31.4 Å². The summed E-state index contributed by atoms with van der Waals surface area (Å²) in [5.41, 5.74) is 4.40. The van der Waals surface area contributed by atoms with Crippen LogP contribution in [-0.2, 0) is 6.61 Å². The Kier molecular flexibility index (Phi) is 7.69. The second-order valence-electron chi connectivity index (χ2n) is 7.57. The first-order valence-corrected chi connectivity index (χ1v) is 11.4. The zero-order valence-electron chi connectivity index (χ0n) is 18.5. The molecule has 0 aliphatic rings. The van der Waals surface area contributed by atoms with Crippen LogP contribution >= 0.6 is 23.2 Å². The second-order valence-corrected chi connectivity index (χ2v) is 8.42. The van der Waals surface area contributed by atoms with Crippen molar-refractivity contribution in [2.75, 3.05) is 7.11 Å². The van der Waals surface area contributed by atoms with Crippen LogP contribution < -0.4 is 9.47 Å². The van der Waals surface area contributed by atoms with Gasteiger partial charge in [0.1, 0.15) is 18.1 Å². The maximum atomic E-state index is 12.5. The number of carbonyl (C=O) groups excluding carboxylic acids is 1. The van der Waals surface area contributed by atoms with Crippen LogP contribution in [-0.4, -0.2) is 12.9 Å². The molecule has 4 rings (SSSR count). The number of hydrogen-bond acceptors (Lipinski definition) is 3. The van der Waals surface area contributed by atoms with Gasteiger partial charge in [-0.3, -0.25) is 4.79 Å². The van der Waals surface area contributed by atoms with Crippen molar-refractivity contribution in [2.24, 2.45) is 0 Å². The lowest BCUT2D eigenvalue weighted by Gasteiger charge is -2.12. The van der Waals surface area contributed by atoms with Crippen molar-refractivity contribution < 1.29 is 14.3 Å². The van der Waals surface area contributed by atoms with Gasteiger partial charge in [-0.25, -0.2) is 0 Å². The first kappa shape index (κ1) is 23.6. The molecule has 5 heteroatoms. The van der Waals surface area contributed by atoms with Crippen molar-refractivity contribution in [3.05, 3.63) is 124 Å². The summed E-state index contributed by atoms with van der Waals surface area (Å²) in [6.07, 6.45) is 3.23. The van der Waals surface area contributed by atoms with Gasteiger partial charge in [-0.1, -0.05) is 77.8 Å². The molecule has 0 saturated carbocycles. The van der Waals surface area contributed by atoms with Crippen LogP contribution in [0.5, 0.6) is 11.5 Å². The van der Waals surface area contributed by atoms with Crippen molar-refractivity contribution in [1.82, 2.24) is 0 Å². The van der Waals surface area contributed by atoms with Crippen molar-refractivity contribution in [3.8, 4) is 22.6 Å². The molecule has 0 spiro atoms. The molecule has 0 bridgehead atoms. The van der Waals surface area contributed by atoms with Crippen molar-refractivity contribution in [2.45, 2.75) is 6.61 Å². The molecule has 0 heterocycles. The molecule has 0 fully saturated rings. The fourth-order valence-corrected chi connectivity index (χ4v) is 4.00. The molecule has 34 heavy (non-hydrogen) atoms. The Morgan fingerprint density at radius 1 is 0.853 bits per heavy atom. The SMILES string of the molecule is COc1ccc(/C=C/C(=O)c2ccc(Cl)cc2Cl)cc1COc1ccc(-c2ccccc2)cc1. The minimum absolute atomic E-state index is 0.200. The molecule has 0 aromatic heterocycles. The quantitative estimate of drug-likeness (QED) is 0.185. The van der Waals surface area contributed by atoms with Gasteiger partial charge in [0.05, 0.1) is 12.1 Å². The molecule has 170 valence electrons. The summed E-state index contributed by atoms with van der Waals surface area (Å²) in [6.45, 7) is 0.326. The summed E-state index contributed by atoms with van der Waals surface area (Å²) in [4.78, 5) is 12.5. The number of methoxy groups -OCH3 is 1. The Hall–Kier alpha value is -3.53. The first-order chi connectivity index (χ1) is 16.5. The van der Waals surface area contributed by atoms with E-state index < -0.39 is 0 Å². The fraction of sp³-hybridized carbons (Fsp3) is 0.0690. The zero-order valence-corrected chi connectivity index (χ0v) is 20.0. The van der Waals surface area contributed by atoms with Gasteiger partial charge in [0.15, 0.2) is 5.78 Å². The molecule has 0 aliphatic carbocycles. The van der Waals surface area contributed by atoms with Crippen molar-refractivity contribution in [3.63, 3.8) is 0 Å². The highest BCUT2D eigenvalue weighted by Crippen LogP contribution is 2.26. The number of carbonyl (C=O) groups is 1. The zero-order chi connectivity index (χ0) is 23.9. The molecule has 3 nitrogen and oxygen atoms in total. The van der Waals surface area contributed by atoms with E-state index in [1.807, 2.05) is 60.7 Å². The lowest BCUT2D eigenvalue weighted by atomic mass is 10.1. The van der Waals surface area contributed by atoms with Gasteiger partial charge in [0.2, 0.25) is 0 Å². The van der Waals surface area contributed by atoms with Gasteiger partial charge in [0.25, 0.3) is 0 Å². The lowest BCUT2D eigenvalue weighted by Crippen LogP contribution is -1.99. The largest absolute Gasteiger partial charge is 0.496 e. The fourth-order valence-electron chi connectivity index (χ4n) is 3.50. The Morgan fingerprint density at radius 2 is 1.59 bits per heavy atom. The minimum Gasteiger partial charge on any atom is -0.496 e. The van der Waals surface area contributed by atoms with Crippen LogP contribution in [0.25, 0.3) is 17.2 Å². The van der Waals surface area contributed by atoms with E-state index in [1.165, 1.54) is 6.08 Å². The smallest absolute Gasteiger partial charge is 0.187 e. The highest BCUT2D eigenvalue weighted by molar-refractivity contribution is 6.37. The first-order valence-electron chi connectivity index (χ1n) is 10.7. The number of rotatable bonds is 8. The number of ether oxygens (including phenoxy) is 2. The maximum absolute atomic E-state index is 12.5.